The lowest BCUT2D eigenvalue weighted by molar-refractivity contribution is 0.108. The number of hydrogen-bond acceptors (Lipinski definition) is 3. The zero-order valence-electron chi connectivity index (χ0n) is 9.78. The van der Waals surface area contributed by atoms with Gasteiger partial charge in [0, 0.05) is 18.1 Å². The van der Waals surface area contributed by atoms with E-state index in [2.05, 4.69) is 0 Å². The zero-order valence-corrected chi connectivity index (χ0v) is 12.2. The van der Waals surface area contributed by atoms with Gasteiger partial charge in [0.1, 0.15) is 0 Å². The first-order chi connectivity index (χ1) is 7.88. The Labute approximate surface area is 110 Å². The van der Waals surface area contributed by atoms with Crippen LogP contribution in [0.4, 0.5) is 0 Å². The Bertz CT molecular complexity index is 512. The molecule has 0 N–H and O–H groups in total. The van der Waals surface area contributed by atoms with Crippen LogP contribution in [-0.4, -0.2) is 26.2 Å². The third-order valence-corrected chi connectivity index (χ3v) is 4.63. The monoisotopic (exact) mass is 292 g/mol. The Balaban J connectivity index is 3.59. The highest BCUT2D eigenvalue weighted by atomic mass is 35.5. The quantitative estimate of drug-likeness (QED) is 0.799. The molecule has 94 valence electrons. The molecular weight excluding hydrogens is 280 g/mol. The van der Waals surface area contributed by atoms with Gasteiger partial charge in [0.25, 0.3) is 5.24 Å². The van der Waals surface area contributed by atoms with Gasteiger partial charge in [0.15, 0.2) is 0 Å². The molecule has 0 saturated carbocycles. The molecule has 0 radical (unpaired) electrons. The summed E-state index contributed by atoms with van der Waals surface area (Å²) in [5.41, 5.74) is 1.07. The maximum atomic E-state index is 11.6. The van der Waals surface area contributed by atoms with Gasteiger partial charge in [-0.3, -0.25) is 13.2 Å². The van der Waals surface area contributed by atoms with Crippen molar-refractivity contribution in [1.29, 1.82) is 0 Å². The molecule has 2 unspecified atom stereocenters. The predicted octanol–water partition coefficient (Wildman–Crippen LogP) is 2.10. The first-order valence-corrected chi connectivity index (χ1v) is 8.41. The number of halogens is 1. The third kappa shape index (κ3) is 3.24. The van der Waals surface area contributed by atoms with E-state index in [1.165, 1.54) is 18.6 Å². The molecule has 0 aliphatic heterocycles. The predicted molar refractivity (Wildman–Crippen MR) is 70.7 cm³/mol. The summed E-state index contributed by atoms with van der Waals surface area (Å²) in [5.74, 6) is 0. The largest absolute Gasteiger partial charge is 0.276 e. The highest BCUT2D eigenvalue weighted by molar-refractivity contribution is 7.87. The van der Waals surface area contributed by atoms with Crippen LogP contribution in [0.2, 0.25) is 0 Å². The number of rotatable bonds is 4. The van der Waals surface area contributed by atoms with Gasteiger partial charge in [0.2, 0.25) is 0 Å². The molecule has 1 aromatic rings. The molecule has 0 saturated heterocycles. The molecule has 2 atom stereocenters. The number of aryl methyl sites for hydroxylation is 1. The second-order valence-electron chi connectivity index (χ2n) is 3.49. The van der Waals surface area contributed by atoms with E-state index in [-0.39, 0.29) is 0 Å². The van der Waals surface area contributed by atoms with E-state index in [0.29, 0.717) is 21.8 Å². The highest BCUT2D eigenvalue weighted by Gasteiger charge is 2.17. The third-order valence-electron chi connectivity index (χ3n) is 2.38. The summed E-state index contributed by atoms with van der Waals surface area (Å²) in [7, 11) is -2.54. The zero-order chi connectivity index (χ0) is 13.2. The van der Waals surface area contributed by atoms with Gasteiger partial charge in [-0.1, -0.05) is 6.92 Å². The fourth-order valence-electron chi connectivity index (χ4n) is 1.53. The maximum Gasteiger partial charge on any atom is 0.252 e. The molecule has 0 aromatic heterocycles. The molecule has 0 heterocycles. The van der Waals surface area contributed by atoms with Crippen LogP contribution in [-0.2, 0) is 28.0 Å². The van der Waals surface area contributed by atoms with E-state index in [4.69, 9.17) is 11.6 Å². The van der Waals surface area contributed by atoms with Crippen molar-refractivity contribution in [2.75, 3.05) is 12.5 Å². The Kier molecular flexibility index (Phi) is 5.04. The lowest BCUT2D eigenvalue weighted by atomic mass is 10.1. The van der Waals surface area contributed by atoms with Crippen LogP contribution < -0.4 is 0 Å². The van der Waals surface area contributed by atoms with Crippen molar-refractivity contribution in [3.63, 3.8) is 0 Å². The van der Waals surface area contributed by atoms with E-state index in [0.717, 1.165) is 5.56 Å². The van der Waals surface area contributed by atoms with Crippen molar-refractivity contribution in [2.45, 2.75) is 23.1 Å². The maximum absolute atomic E-state index is 11.6. The topological polar surface area (TPSA) is 51.2 Å². The molecule has 0 aliphatic rings. The minimum Gasteiger partial charge on any atom is -0.276 e. The van der Waals surface area contributed by atoms with Gasteiger partial charge in [-0.25, -0.2) is 0 Å². The van der Waals surface area contributed by atoms with Gasteiger partial charge >= 0.3 is 0 Å². The number of carbonyl (C=O) groups excluding carboxylic acids is 1. The Morgan fingerprint density at radius 2 is 1.65 bits per heavy atom. The molecule has 6 heteroatoms. The lowest BCUT2D eigenvalue weighted by Gasteiger charge is -2.10. The lowest BCUT2D eigenvalue weighted by Crippen LogP contribution is -2.05. The second-order valence-corrected chi connectivity index (χ2v) is 6.53. The number of benzene rings is 1. The molecule has 0 bridgehead atoms. The standard InChI is InChI=1S/C11H13ClO3S2/c1-4-7-5-9(16(2)14)10(17(3)15)6-8(7)11(12)13/h5-6H,4H2,1-3H3. The minimum atomic E-state index is -1.30. The summed E-state index contributed by atoms with van der Waals surface area (Å²) >= 11 is 5.48. The summed E-state index contributed by atoms with van der Waals surface area (Å²) in [5, 5.41) is -0.581. The van der Waals surface area contributed by atoms with Crippen LogP contribution in [0.1, 0.15) is 22.8 Å². The van der Waals surface area contributed by atoms with Crippen LogP contribution in [0.3, 0.4) is 0 Å². The van der Waals surface area contributed by atoms with E-state index in [9.17, 15) is 13.2 Å². The van der Waals surface area contributed by atoms with E-state index < -0.39 is 26.8 Å². The van der Waals surface area contributed by atoms with Gasteiger partial charge in [0.05, 0.1) is 31.4 Å². The van der Waals surface area contributed by atoms with Crippen LogP contribution in [0.15, 0.2) is 21.9 Å². The van der Waals surface area contributed by atoms with Crippen molar-refractivity contribution in [1.82, 2.24) is 0 Å². The number of hydrogen-bond donors (Lipinski definition) is 0. The fraction of sp³-hybridized carbons (Fsp3) is 0.364. The van der Waals surface area contributed by atoms with Crippen molar-refractivity contribution >= 4 is 38.4 Å². The summed E-state index contributed by atoms with van der Waals surface area (Å²) < 4.78 is 23.1. The van der Waals surface area contributed by atoms with Crippen molar-refractivity contribution in [3.8, 4) is 0 Å². The fourth-order valence-corrected chi connectivity index (χ4v) is 3.68. The second kappa shape index (κ2) is 5.89. The SMILES string of the molecule is CCc1cc(S(C)=O)c(S(C)=O)cc1C(=O)Cl. The van der Waals surface area contributed by atoms with Gasteiger partial charge < -0.3 is 0 Å². The molecule has 3 nitrogen and oxygen atoms in total. The van der Waals surface area contributed by atoms with Crippen LogP contribution in [0.25, 0.3) is 0 Å². The van der Waals surface area contributed by atoms with Gasteiger partial charge in [-0.15, -0.1) is 0 Å². The highest BCUT2D eigenvalue weighted by Crippen LogP contribution is 2.24. The molecule has 0 fully saturated rings. The van der Waals surface area contributed by atoms with Crippen LogP contribution >= 0.6 is 11.6 Å². The van der Waals surface area contributed by atoms with Crippen molar-refractivity contribution in [2.24, 2.45) is 0 Å². The molecule has 17 heavy (non-hydrogen) atoms. The molecule has 0 aliphatic carbocycles. The van der Waals surface area contributed by atoms with Crippen molar-refractivity contribution in [3.05, 3.63) is 23.3 Å². The normalized spacial score (nSPS) is 14.4. The van der Waals surface area contributed by atoms with Crippen LogP contribution in [0.5, 0.6) is 0 Å². The summed E-state index contributed by atoms with van der Waals surface area (Å²) in [4.78, 5) is 12.2. The first kappa shape index (κ1) is 14.5. The molecule has 1 rings (SSSR count). The van der Waals surface area contributed by atoms with E-state index in [1.807, 2.05) is 6.92 Å². The van der Waals surface area contributed by atoms with Gasteiger partial charge in [-0.05, 0) is 35.7 Å². The van der Waals surface area contributed by atoms with Crippen molar-refractivity contribution < 1.29 is 13.2 Å². The summed E-state index contributed by atoms with van der Waals surface area (Å²) in [6.45, 7) is 1.88. The molecular formula is C11H13ClO3S2. The molecule has 1 aromatic carbocycles. The van der Waals surface area contributed by atoms with Gasteiger partial charge in [-0.2, -0.15) is 0 Å². The smallest absolute Gasteiger partial charge is 0.252 e. The summed E-state index contributed by atoms with van der Waals surface area (Å²) in [6.07, 6.45) is 3.61. The Hall–Kier alpha value is -0.520. The Morgan fingerprint density at radius 1 is 1.18 bits per heavy atom. The Morgan fingerprint density at radius 3 is 2.00 bits per heavy atom. The first-order valence-electron chi connectivity index (χ1n) is 4.92. The average Bonchev–Trinajstić information content (AvgIpc) is 2.26. The molecule has 0 amide bonds. The van der Waals surface area contributed by atoms with E-state index >= 15 is 0 Å². The molecule has 0 spiro atoms. The average molecular weight is 293 g/mol. The van der Waals surface area contributed by atoms with E-state index in [1.54, 1.807) is 6.07 Å². The van der Waals surface area contributed by atoms with Crippen LogP contribution in [0, 0.1) is 0 Å². The minimum absolute atomic E-state index is 0.341. The number of carbonyl (C=O) groups is 1. The summed E-state index contributed by atoms with van der Waals surface area (Å²) in [6, 6.07) is 3.14.